The molecule has 1 amide bonds. The summed E-state index contributed by atoms with van der Waals surface area (Å²) >= 11 is 0. The molecule has 4 nitrogen and oxygen atoms in total. The predicted octanol–water partition coefficient (Wildman–Crippen LogP) is 2.17. The average Bonchev–Trinajstić information content (AvgIpc) is 2.88. The Balaban J connectivity index is 2.01. The smallest absolute Gasteiger partial charge is 0.224 e. The van der Waals surface area contributed by atoms with Gasteiger partial charge in [0.05, 0.1) is 11.7 Å². The Morgan fingerprint density at radius 3 is 2.65 bits per heavy atom. The summed E-state index contributed by atoms with van der Waals surface area (Å²) in [7, 11) is 0. The van der Waals surface area contributed by atoms with Crippen LogP contribution in [0.2, 0.25) is 0 Å². The molecule has 2 N–H and O–H groups in total. The number of H-pyrrole nitrogens is 1. The zero-order chi connectivity index (χ0) is 12.4. The molecule has 0 unspecified atom stereocenters. The van der Waals surface area contributed by atoms with E-state index in [0.29, 0.717) is 0 Å². The molecule has 1 aromatic rings. The number of rotatable bonds is 3. The number of amides is 1. The number of hydrogen-bond acceptors (Lipinski definition) is 2. The first kappa shape index (κ1) is 11.9. The monoisotopic (exact) mass is 233 g/mol. The lowest BCUT2D eigenvalue weighted by atomic mass is 10.0. The third kappa shape index (κ3) is 2.40. The van der Waals surface area contributed by atoms with Gasteiger partial charge in [0, 0.05) is 17.2 Å². The van der Waals surface area contributed by atoms with Crippen molar-refractivity contribution in [2.24, 2.45) is 5.92 Å². The van der Waals surface area contributed by atoms with E-state index in [1.807, 2.05) is 20.8 Å². The van der Waals surface area contributed by atoms with Gasteiger partial charge in [0.1, 0.15) is 0 Å². The summed E-state index contributed by atoms with van der Waals surface area (Å²) in [6, 6.07) is 0.0156. The molecule has 4 heteroatoms. The van der Waals surface area contributed by atoms with Crippen LogP contribution in [-0.2, 0) is 4.79 Å². The van der Waals surface area contributed by atoms with Crippen molar-refractivity contribution in [2.45, 2.75) is 39.7 Å². The standard InChI is InChI=1S/C13H19N3O/c1-8(12-9(2)15-16-10(12)3)14-13(17)11-6-4-5-7-11/h4-5,8,11H,6-7H2,1-3H3,(H,14,17)(H,15,16)/t8-/m0/s1. The molecule has 0 aliphatic heterocycles. The highest BCUT2D eigenvalue weighted by molar-refractivity contribution is 5.80. The number of carbonyl (C=O) groups is 1. The van der Waals surface area contributed by atoms with Crippen LogP contribution in [0.4, 0.5) is 0 Å². The quantitative estimate of drug-likeness (QED) is 0.786. The van der Waals surface area contributed by atoms with Crippen LogP contribution in [-0.4, -0.2) is 16.1 Å². The second kappa shape index (κ2) is 4.73. The van der Waals surface area contributed by atoms with E-state index >= 15 is 0 Å². The third-order valence-electron chi connectivity index (χ3n) is 3.36. The fraction of sp³-hybridized carbons (Fsp3) is 0.538. The number of carbonyl (C=O) groups excluding carboxylic acids is 1. The van der Waals surface area contributed by atoms with Crippen molar-refractivity contribution in [1.82, 2.24) is 15.5 Å². The van der Waals surface area contributed by atoms with Crippen LogP contribution in [0.1, 0.15) is 42.8 Å². The van der Waals surface area contributed by atoms with Crippen LogP contribution in [0.15, 0.2) is 12.2 Å². The van der Waals surface area contributed by atoms with Crippen molar-refractivity contribution in [2.75, 3.05) is 0 Å². The van der Waals surface area contributed by atoms with Crippen molar-refractivity contribution < 1.29 is 4.79 Å². The van der Waals surface area contributed by atoms with Gasteiger partial charge in [0.2, 0.25) is 5.91 Å². The Hall–Kier alpha value is -1.58. The predicted molar refractivity (Wildman–Crippen MR) is 66.5 cm³/mol. The normalized spacial score (nSPS) is 17.4. The molecular weight excluding hydrogens is 214 g/mol. The molecule has 1 atom stereocenters. The fourth-order valence-electron chi connectivity index (χ4n) is 2.43. The summed E-state index contributed by atoms with van der Waals surface area (Å²) in [6.45, 7) is 5.94. The second-order valence-corrected chi connectivity index (χ2v) is 4.72. The first-order valence-electron chi connectivity index (χ1n) is 6.06. The maximum atomic E-state index is 12.0. The summed E-state index contributed by atoms with van der Waals surface area (Å²) in [6.07, 6.45) is 5.87. The second-order valence-electron chi connectivity index (χ2n) is 4.72. The fourth-order valence-corrected chi connectivity index (χ4v) is 2.43. The van der Waals surface area contributed by atoms with E-state index in [0.717, 1.165) is 29.8 Å². The first-order chi connectivity index (χ1) is 8.09. The number of aromatic amines is 1. The highest BCUT2D eigenvalue weighted by Gasteiger charge is 2.22. The molecule has 17 heavy (non-hydrogen) atoms. The van der Waals surface area contributed by atoms with Gasteiger partial charge >= 0.3 is 0 Å². The van der Waals surface area contributed by atoms with E-state index in [1.54, 1.807) is 0 Å². The van der Waals surface area contributed by atoms with E-state index in [-0.39, 0.29) is 17.9 Å². The number of aromatic nitrogens is 2. The maximum Gasteiger partial charge on any atom is 0.224 e. The van der Waals surface area contributed by atoms with Gasteiger partial charge in [-0.3, -0.25) is 9.89 Å². The molecule has 1 aromatic heterocycles. The van der Waals surface area contributed by atoms with E-state index < -0.39 is 0 Å². The lowest BCUT2D eigenvalue weighted by molar-refractivity contribution is -0.125. The molecule has 0 aromatic carbocycles. The minimum atomic E-state index is 0.0156. The molecule has 0 radical (unpaired) electrons. The van der Waals surface area contributed by atoms with Gasteiger partial charge < -0.3 is 5.32 Å². The van der Waals surface area contributed by atoms with Crippen LogP contribution in [0.3, 0.4) is 0 Å². The van der Waals surface area contributed by atoms with E-state index in [1.165, 1.54) is 0 Å². The number of hydrogen-bond donors (Lipinski definition) is 2. The molecule has 2 rings (SSSR count). The Kier molecular flexibility index (Phi) is 3.31. The molecule has 0 spiro atoms. The highest BCUT2D eigenvalue weighted by Crippen LogP contribution is 2.22. The minimum absolute atomic E-state index is 0.0156. The van der Waals surface area contributed by atoms with Crippen molar-refractivity contribution >= 4 is 5.91 Å². The molecule has 0 saturated heterocycles. The van der Waals surface area contributed by atoms with Crippen molar-refractivity contribution in [3.8, 4) is 0 Å². The zero-order valence-corrected chi connectivity index (χ0v) is 10.6. The number of aryl methyl sites for hydroxylation is 2. The average molecular weight is 233 g/mol. The SMILES string of the molecule is Cc1n[nH]c(C)c1[C@H](C)NC(=O)C1CC=CC1. The number of allylic oxidation sites excluding steroid dienone is 2. The summed E-state index contributed by atoms with van der Waals surface area (Å²) < 4.78 is 0. The molecule has 1 aliphatic carbocycles. The summed E-state index contributed by atoms with van der Waals surface area (Å²) in [4.78, 5) is 12.0. The molecule has 92 valence electrons. The van der Waals surface area contributed by atoms with Gasteiger partial charge in [0.15, 0.2) is 0 Å². The molecule has 1 aliphatic rings. The van der Waals surface area contributed by atoms with Gasteiger partial charge in [-0.2, -0.15) is 5.10 Å². The van der Waals surface area contributed by atoms with Gasteiger partial charge in [-0.15, -0.1) is 0 Å². The first-order valence-corrected chi connectivity index (χ1v) is 6.06. The lowest BCUT2D eigenvalue weighted by Gasteiger charge is -2.17. The van der Waals surface area contributed by atoms with Crippen LogP contribution in [0.5, 0.6) is 0 Å². The van der Waals surface area contributed by atoms with Crippen molar-refractivity contribution in [1.29, 1.82) is 0 Å². The molecule has 0 saturated carbocycles. The number of nitrogens with zero attached hydrogens (tertiary/aromatic N) is 1. The zero-order valence-electron chi connectivity index (χ0n) is 10.6. The van der Waals surface area contributed by atoms with Crippen LogP contribution >= 0.6 is 0 Å². The number of nitrogens with one attached hydrogen (secondary N) is 2. The van der Waals surface area contributed by atoms with Gasteiger partial charge in [-0.25, -0.2) is 0 Å². The highest BCUT2D eigenvalue weighted by atomic mass is 16.1. The molecular formula is C13H19N3O. The Morgan fingerprint density at radius 1 is 1.47 bits per heavy atom. The van der Waals surface area contributed by atoms with Crippen molar-refractivity contribution in [3.63, 3.8) is 0 Å². The Morgan fingerprint density at radius 2 is 2.12 bits per heavy atom. The Bertz CT molecular complexity index is 420. The Labute approximate surface area is 101 Å². The van der Waals surface area contributed by atoms with Gasteiger partial charge in [-0.1, -0.05) is 12.2 Å². The summed E-state index contributed by atoms with van der Waals surface area (Å²) in [5.41, 5.74) is 3.09. The van der Waals surface area contributed by atoms with Crippen LogP contribution in [0.25, 0.3) is 0 Å². The van der Waals surface area contributed by atoms with E-state index in [9.17, 15) is 4.79 Å². The van der Waals surface area contributed by atoms with Gasteiger partial charge in [-0.05, 0) is 33.6 Å². The van der Waals surface area contributed by atoms with E-state index in [2.05, 4.69) is 27.7 Å². The third-order valence-corrected chi connectivity index (χ3v) is 3.36. The van der Waals surface area contributed by atoms with Crippen LogP contribution < -0.4 is 5.32 Å². The maximum absolute atomic E-state index is 12.0. The largest absolute Gasteiger partial charge is 0.349 e. The molecule has 1 heterocycles. The summed E-state index contributed by atoms with van der Waals surface area (Å²) in [5.74, 6) is 0.257. The lowest BCUT2D eigenvalue weighted by Crippen LogP contribution is -2.32. The topological polar surface area (TPSA) is 57.8 Å². The van der Waals surface area contributed by atoms with Gasteiger partial charge in [0.25, 0.3) is 0 Å². The van der Waals surface area contributed by atoms with E-state index in [4.69, 9.17) is 0 Å². The van der Waals surface area contributed by atoms with Crippen LogP contribution in [0, 0.1) is 19.8 Å². The minimum Gasteiger partial charge on any atom is -0.349 e. The summed E-state index contributed by atoms with van der Waals surface area (Å²) in [5, 5.41) is 10.2. The van der Waals surface area contributed by atoms with Crippen molar-refractivity contribution in [3.05, 3.63) is 29.1 Å². The molecule has 0 fully saturated rings. The molecule has 0 bridgehead atoms.